The SMILES string of the molecule is CCC(Br)CC#N. The van der Waals surface area contributed by atoms with Crippen LogP contribution in [0.1, 0.15) is 19.8 Å². The van der Waals surface area contributed by atoms with Crippen LogP contribution in [-0.2, 0) is 0 Å². The third-order valence-electron chi connectivity index (χ3n) is 0.756. The van der Waals surface area contributed by atoms with E-state index in [1.165, 1.54) is 0 Å². The second-order valence-corrected chi connectivity index (χ2v) is 2.66. The number of alkyl halides is 1. The lowest BCUT2D eigenvalue weighted by atomic mass is 10.3. The van der Waals surface area contributed by atoms with Gasteiger partial charge in [0, 0.05) is 11.2 Å². The van der Waals surface area contributed by atoms with E-state index in [9.17, 15) is 0 Å². The molecule has 0 N–H and O–H groups in total. The van der Waals surface area contributed by atoms with Gasteiger partial charge in [0.1, 0.15) is 0 Å². The summed E-state index contributed by atoms with van der Waals surface area (Å²) in [5.74, 6) is 0. The molecule has 0 fully saturated rings. The summed E-state index contributed by atoms with van der Waals surface area (Å²) in [5, 5.41) is 8.09. The van der Waals surface area contributed by atoms with Crippen LogP contribution >= 0.6 is 15.9 Å². The molecule has 0 saturated heterocycles. The first kappa shape index (κ1) is 6.97. The van der Waals surface area contributed by atoms with Crippen LogP contribution in [-0.4, -0.2) is 4.83 Å². The predicted molar refractivity (Wildman–Crippen MR) is 33.2 cm³/mol. The van der Waals surface area contributed by atoms with Gasteiger partial charge in [-0.2, -0.15) is 5.26 Å². The summed E-state index contributed by atoms with van der Waals surface area (Å²) in [6.45, 7) is 2.05. The van der Waals surface area contributed by atoms with Crippen LogP contribution in [0.5, 0.6) is 0 Å². The van der Waals surface area contributed by atoms with Crippen LogP contribution < -0.4 is 0 Å². The zero-order valence-corrected chi connectivity index (χ0v) is 5.90. The van der Waals surface area contributed by atoms with Crippen molar-refractivity contribution in [2.24, 2.45) is 0 Å². The van der Waals surface area contributed by atoms with E-state index in [0.29, 0.717) is 11.2 Å². The largest absolute Gasteiger partial charge is 0.198 e. The Labute approximate surface area is 52.5 Å². The van der Waals surface area contributed by atoms with E-state index in [0.717, 1.165) is 6.42 Å². The normalized spacial score (nSPS) is 12.7. The monoisotopic (exact) mass is 161 g/mol. The second-order valence-electron chi connectivity index (χ2n) is 1.37. The number of halogens is 1. The maximum atomic E-state index is 8.09. The van der Waals surface area contributed by atoms with E-state index in [1.54, 1.807) is 0 Å². The number of hydrogen-bond donors (Lipinski definition) is 0. The van der Waals surface area contributed by atoms with Gasteiger partial charge < -0.3 is 0 Å². The number of hydrogen-bond acceptors (Lipinski definition) is 1. The fraction of sp³-hybridized carbons (Fsp3) is 0.800. The minimum atomic E-state index is 0.400. The van der Waals surface area contributed by atoms with Gasteiger partial charge in [0.05, 0.1) is 6.07 Å². The Morgan fingerprint density at radius 3 is 2.57 bits per heavy atom. The summed E-state index contributed by atoms with van der Waals surface area (Å²) in [6, 6.07) is 2.07. The summed E-state index contributed by atoms with van der Waals surface area (Å²) in [7, 11) is 0. The predicted octanol–water partition coefficient (Wildman–Crippen LogP) is 2.07. The van der Waals surface area contributed by atoms with Crippen LogP contribution in [0, 0.1) is 11.3 Å². The summed E-state index contributed by atoms with van der Waals surface area (Å²) in [4.78, 5) is 0.400. The van der Waals surface area contributed by atoms with Crippen molar-refractivity contribution in [3.05, 3.63) is 0 Å². The first-order chi connectivity index (χ1) is 3.31. The van der Waals surface area contributed by atoms with E-state index in [1.807, 2.05) is 0 Å². The standard InChI is InChI=1S/C5H8BrN/c1-2-5(6)3-4-7/h5H,2-3H2,1H3. The molecule has 0 aliphatic carbocycles. The third kappa shape index (κ3) is 3.81. The first-order valence-electron chi connectivity index (χ1n) is 2.32. The molecule has 0 bridgehead atoms. The van der Waals surface area contributed by atoms with Gasteiger partial charge in [0.2, 0.25) is 0 Å². The molecule has 0 aromatic rings. The molecule has 0 heterocycles. The molecule has 2 heteroatoms. The van der Waals surface area contributed by atoms with Crippen molar-refractivity contribution < 1.29 is 0 Å². The van der Waals surface area contributed by atoms with Crippen molar-refractivity contribution in [3.8, 4) is 6.07 Å². The topological polar surface area (TPSA) is 23.8 Å². The molecular weight excluding hydrogens is 154 g/mol. The van der Waals surface area contributed by atoms with Gasteiger partial charge >= 0.3 is 0 Å². The Balaban J connectivity index is 3.03. The zero-order chi connectivity index (χ0) is 5.70. The molecule has 1 unspecified atom stereocenters. The Morgan fingerprint density at radius 1 is 1.86 bits per heavy atom. The molecule has 7 heavy (non-hydrogen) atoms. The van der Waals surface area contributed by atoms with E-state index in [4.69, 9.17) is 5.26 Å². The van der Waals surface area contributed by atoms with Gasteiger partial charge in [-0.15, -0.1) is 0 Å². The van der Waals surface area contributed by atoms with E-state index < -0.39 is 0 Å². The first-order valence-corrected chi connectivity index (χ1v) is 3.23. The van der Waals surface area contributed by atoms with Gasteiger partial charge in [-0.3, -0.25) is 0 Å². The Kier molecular flexibility index (Phi) is 4.12. The van der Waals surface area contributed by atoms with Crippen LogP contribution in [0.4, 0.5) is 0 Å². The molecular formula is C5H8BrN. The van der Waals surface area contributed by atoms with Crippen LogP contribution in [0.2, 0.25) is 0 Å². The van der Waals surface area contributed by atoms with Gasteiger partial charge in [0.15, 0.2) is 0 Å². The van der Waals surface area contributed by atoms with Crippen molar-refractivity contribution >= 4 is 15.9 Å². The molecule has 0 radical (unpaired) electrons. The van der Waals surface area contributed by atoms with E-state index in [-0.39, 0.29) is 0 Å². The van der Waals surface area contributed by atoms with Crippen LogP contribution in [0.25, 0.3) is 0 Å². The van der Waals surface area contributed by atoms with Crippen molar-refractivity contribution in [3.63, 3.8) is 0 Å². The highest BCUT2D eigenvalue weighted by molar-refractivity contribution is 9.09. The molecule has 0 saturated carbocycles. The maximum Gasteiger partial charge on any atom is 0.0633 e. The second kappa shape index (κ2) is 4.14. The lowest BCUT2D eigenvalue weighted by molar-refractivity contribution is 0.857. The average Bonchev–Trinajstić information content (AvgIpc) is 1.68. The molecule has 0 aromatic carbocycles. The fourth-order valence-electron chi connectivity index (χ4n) is 0.243. The van der Waals surface area contributed by atoms with Gasteiger partial charge in [-0.1, -0.05) is 22.9 Å². The lowest BCUT2D eigenvalue weighted by Crippen LogP contribution is -1.90. The molecule has 0 amide bonds. The Morgan fingerprint density at radius 2 is 2.43 bits per heavy atom. The van der Waals surface area contributed by atoms with Crippen molar-refractivity contribution in [2.45, 2.75) is 24.6 Å². The average molecular weight is 162 g/mol. The van der Waals surface area contributed by atoms with E-state index in [2.05, 4.69) is 28.9 Å². The van der Waals surface area contributed by atoms with Crippen molar-refractivity contribution in [1.82, 2.24) is 0 Å². The molecule has 40 valence electrons. The molecule has 1 atom stereocenters. The van der Waals surface area contributed by atoms with Crippen LogP contribution in [0.3, 0.4) is 0 Å². The minimum absolute atomic E-state index is 0.400. The molecule has 0 spiro atoms. The summed E-state index contributed by atoms with van der Waals surface area (Å²) < 4.78 is 0. The summed E-state index contributed by atoms with van der Waals surface area (Å²) in [5.41, 5.74) is 0. The number of nitrogens with zero attached hydrogens (tertiary/aromatic N) is 1. The highest BCUT2D eigenvalue weighted by Crippen LogP contribution is 2.06. The lowest BCUT2D eigenvalue weighted by Gasteiger charge is -1.94. The third-order valence-corrected chi connectivity index (χ3v) is 1.73. The van der Waals surface area contributed by atoms with Crippen molar-refractivity contribution in [2.75, 3.05) is 0 Å². The highest BCUT2D eigenvalue weighted by atomic mass is 79.9. The molecule has 1 nitrogen and oxygen atoms in total. The number of nitriles is 1. The summed E-state index contributed by atoms with van der Waals surface area (Å²) >= 11 is 3.31. The molecule has 0 aromatic heterocycles. The maximum absolute atomic E-state index is 8.09. The molecule has 0 aliphatic heterocycles. The number of rotatable bonds is 2. The Bertz CT molecular complexity index is 74.6. The van der Waals surface area contributed by atoms with Crippen molar-refractivity contribution in [1.29, 1.82) is 5.26 Å². The fourth-order valence-corrected chi connectivity index (χ4v) is 0.388. The van der Waals surface area contributed by atoms with Gasteiger partial charge in [-0.25, -0.2) is 0 Å². The van der Waals surface area contributed by atoms with Crippen LogP contribution in [0.15, 0.2) is 0 Å². The summed E-state index contributed by atoms with van der Waals surface area (Å²) in [6.07, 6.45) is 1.66. The minimum Gasteiger partial charge on any atom is -0.198 e. The quantitative estimate of drug-likeness (QED) is 0.570. The van der Waals surface area contributed by atoms with E-state index >= 15 is 0 Å². The van der Waals surface area contributed by atoms with Gasteiger partial charge in [0.25, 0.3) is 0 Å². The Hall–Kier alpha value is -0.0300. The smallest absolute Gasteiger partial charge is 0.0633 e. The zero-order valence-electron chi connectivity index (χ0n) is 4.32. The highest BCUT2D eigenvalue weighted by Gasteiger charge is 1.95. The van der Waals surface area contributed by atoms with Gasteiger partial charge in [-0.05, 0) is 6.42 Å². The molecule has 0 aliphatic rings. The molecule has 0 rings (SSSR count).